The number of nitrogens with zero attached hydrogens (tertiary/aromatic N) is 4. The summed E-state index contributed by atoms with van der Waals surface area (Å²) in [5, 5.41) is 3.05. The number of nitrogens with one attached hydrogen (secondary N) is 1. The molecule has 0 unspecified atom stereocenters. The number of methoxy groups -OCH3 is 1. The molecular formula is C27H26F3N5O3. The number of aryl methyl sites for hydroxylation is 1. The summed E-state index contributed by atoms with van der Waals surface area (Å²) in [5.41, 5.74) is 1.98. The predicted molar refractivity (Wildman–Crippen MR) is 137 cm³/mol. The smallest absolute Gasteiger partial charge is 0.416 e. The maximum atomic E-state index is 13.6. The van der Waals surface area contributed by atoms with Crippen LogP contribution in [0.5, 0.6) is 11.5 Å². The molecule has 0 spiro atoms. The Morgan fingerprint density at radius 3 is 2.58 bits per heavy atom. The van der Waals surface area contributed by atoms with Crippen molar-refractivity contribution >= 4 is 34.1 Å². The van der Waals surface area contributed by atoms with Crippen LogP contribution in [0.4, 0.5) is 30.5 Å². The maximum absolute atomic E-state index is 13.6. The first-order valence-electron chi connectivity index (χ1n) is 11.9. The van der Waals surface area contributed by atoms with E-state index in [1.807, 2.05) is 4.90 Å². The summed E-state index contributed by atoms with van der Waals surface area (Å²) < 4.78 is 53.9. The molecule has 0 bridgehead atoms. The number of ketones is 1. The highest BCUT2D eigenvalue weighted by Gasteiger charge is 2.34. The van der Waals surface area contributed by atoms with E-state index >= 15 is 0 Å². The molecule has 1 aliphatic heterocycles. The van der Waals surface area contributed by atoms with Crippen molar-refractivity contribution in [3.63, 3.8) is 0 Å². The van der Waals surface area contributed by atoms with Crippen molar-refractivity contribution in [3.8, 4) is 11.5 Å². The van der Waals surface area contributed by atoms with Gasteiger partial charge in [-0.3, -0.25) is 9.78 Å². The summed E-state index contributed by atoms with van der Waals surface area (Å²) in [6.45, 7) is 2.55. The summed E-state index contributed by atoms with van der Waals surface area (Å²) in [6.07, 6.45) is -2.69. The zero-order chi connectivity index (χ0) is 27.0. The number of alkyl halides is 3. The summed E-state index contributed by atoms with van der Waals surface area (Å²) in [7, 11) is 3.36. The first kappa shape index (κ1) is 25.5. The molecule has 38 heavy (non-hydrogen) atoms. The van der Waals surface area contributed by atoms with Gasteiger partial charge in [-0.05, 0) is 43.3 Å². The van der Waals surface area contributed by atoms with Crippen LogP contribution >= 0.6 is 0 Å². The molecule has 4 aromatic rings. The number of halogens is 3. The van der Waals surface area contributed by atoms with Crippen molar-refractivity contribution in [2.75, 3.05) is 30.4 Å². The minimum atomic E-state index is -4.49. The van der Waals surface area contributed by atoms with Gasteiger partial charge in [-0.15, -0.1) is 0 Å². The lowest BCUT2D eigenvalue weighted by molar-refractivity contribution is -0.137. The van der Waals surface area contributed by atoms with E-state index in [1.54, 1.807) is 61.3 Å². The molecule has 0 radical (unpaired) electrons. The largest absolute Gasteiger partial charge is 0.457 e. The molecule has 0 atom stereocenters. The van der Waals surface area contributed by atoms with E-state index in [2.05, 4.69) is 15.3 Å². The zero-order valence-electron chi connectivity index (χ0n) is 21.0. The molecule has 198 valence electrons. The van der Waals surface area contributed by atoms with Crippen LogP contribution in [-0.2, 0) is 29.2 Å². The third kappa shape index (κ3) is 5.42. The lowest BCUT2D eigenvalue weighted by Crippen LogP contribution is -2.51. The first-order chi connectivity index (χ1) is 18.1. The van der Waals surface area contributed by atoms with Crippen molar-refractivity contribution in [2.45, 2.75) is 25.6 Å². The van der Waals surface area contributed by atoms with Crippen LogP contribution in [0.15, 0.2) is 54.7 Å². The van der Waals surface area contributed by atoms with Gasteiger partial charge in [-0.1, -0.05) is 0 Å². The molecule has 5 rings (SSSR count). The number of carbonyl (C=O) groups is 1. The molecule has 3 heterocycles. The topological polar surface area (TPSA) is 81.5 Å². The fourth-order valence-electron chi connectivity index (χ4n) is 4.31. The molecule has 0 amide bonds. The van der Waals surface area contributed by atoms with Gasteiger partial charge >= 0.3 is 6.18 Å². The number of hydrogen-bond donors (Lipinski definition) is 1. The van der Waals surface area contributed by atoms with Gasteiger partial charge in [-0.2, -0.15) is 13.2 Å². The Kier molecular flexibility index (Phi) is 6.70. The fourth-order valence-corrected chi connectivity index (χ4v) is 4.31. The highest BCUT2D eigenvalue weighted by molar-refractivity contribution is 5.81. The Hall–Kier alpha value is -4.12. The van der Waals surface area contributed by atoms with Crippen molar-refractivity contribution in [2.24, 2.45) is 7.05 Å². The average molecular weight is 526 g/mol. The summed E-state index contributed by atoms with van der Waals surface area (Å²) in [6, 6.07) is 12.6. The number of fused-ring (bicyclic) bond motifs is 1. The van der Waals surface area contributed by atoms with E-state index in [9.17, 15) is 18.0 Å². The minimum absolute atomic E-state index is 0.00270. The Morgan fingerprint density at radius 1 is 1.11 bits per heavy atom. The van der Waals surface area contributed by atoms with E-state index in [4.69, 9.17) is 9.47 Å². The predicted octanol–water partition coefficient (Wildman–Crippen LogP) is 5.49. The lowest BCUT2D eigenvalue weighted by atomic mass is 10.1. The van der Waals surface area contributed by atoms with E-state index in [0.717, 1.165) is 17.6 Å². The molecule has 0 saturated carbocycles. The molecule has 1 saturated heterocycles. The zero-order valence-corrected chi connectivity index (χ0v) is 21.0. The van der Waals surface area contributed by atoms with Crippen LogP contribution in [0, 0.1) is 0 Å². The number of hydrogen-bond acceptors (Lipinski definition) is 7. The van der Waals surface area contributed by atoms with Crippen LogP contribution < -0.4 is 15.0 Å². The van der Waals surface area contributed by atoms with Gasteiger partial charge in [0.25, 0.3) is 0 Å². The molecule has 1 N–H and O–H groups in total. The highest BCUT2D eigenvalue weighted by Crippen LogP contribution is 2.37. The van der Waals surface area contributed by atoms with Gasteiger partial charge < -0.3 is 24.3 Å². The molecular weight excluding hydrogens is 499 g/mol. The number of anilines is 3. The maximum Gasteiger partial charge on any atom is 0.416 e. The van der Waals surface area contributed by atoms with Crippen LogP contribution in [0.3, 0.4) is 0 Å². The Morgan fingerprint density at radius 2 is 1.87 bits per heavy atom. The second-order valence-electron chi connectivity index (χ2n) is 9.26. The normalized spacial score (nSPS) is 14.0. The number of benzene rings is 2. The van der Waals surface area contributed by atoms with E-state index < -0.39 is 11.7 Å². The van der Waals surface area contributed by atoms with E-state index in [0.29, 0.717) is 47.4 Å². The number of pyridine rings is 1. The van der Waals surface area contributed by atoms with Gasteiger partial charge in [0, 0.05) is 63.4 Å². The summed E-state index contributed by atoms with van der Waals surface area (Å²) in [4.78, 5) is 22.0. The standard InChI is InChI=1S/C27H26F3N5O3/c1-16(36)8-18-12-22(6-7-31-18)38-21-4-5-24-25(13-21)34(2)26(33-24)32-19-9-17(27(28,29)30)10-20(11-19)35-14-23(15-35)37-3/h4-7,9-13,23H,8,14-15H2,1-3H3,(H,32,33). The van der Waals surface area contributed by atoms with Crippen LogP contribution in [-0.4, -0.2) is 46.6 Å². The molecule has 2 aromatic carbocycles. The van der Waals surface area contributed by atoms with Crippen molar-refractivity contribution in [1.82, 2.24) is 14.5 Å². The van der Waals surface area contributed by atoms with Gasteiger partial charge in [0.1, 0.15) is 17.3 Å². The number of carbonyl (C=O) groups excluding carboxylic acids is 1. The quantitative estimate of drug-likeness (QED) is 0.326. The number of rotatable bonds is 8. The van der Waals surface area contributed by atoms with Gasteiger partial charge in [-0.25, -0.2) is 4.98 Å². The molecule has 1 fully saturated rings. The van der Waals surface area contributed by atoms with Gasteiger partial charge in [0.15, 0.2) is 0 Å². The SMILES string of the molecule is COC1CN(c2cc(Nc3nc4ccc(Oc5ccnc(CC(C)=O)c5)cc4n3C)cc(C(F)(F)F)c2)C1. The lowest BCUT2D eigenvalue weighted by Gasteiger charge is -2.40. The molecule has 0 aliphatic carbocycles. The van der Waals surface area contributed by atoms with E-state index in [-0.39, 0.29) is 24.0 Å². The second-order valence-corrected chi connectivity index (χ2v) is 9.26. The summed E-state index contributed by atoms with van der Waals surface area (Å²) in [5.74, 6) is 1.46. The van der Waals surface area contributed by atoms with Crippen molar-refractivity contribution < 1.29 is 27.4 Å². The fraction of sp³-hybridized carbons (Fsp3) is 0.296. The van der Waals surface area contributed by atoms with Gasteiger partial charge in [0.05, 0.1) is 28.4 Å². The summed E-state index contributed by atoms with van der Waals surface area (Å²) >= 11 is 0. The Labute approximate surface area is 217 Å². The molecule has 1 aliphatic rings. The highest BCUT2D eigenvalue weighted by atomic mass is 19.4. The minimum Gasteiger partial charge on any atom is -0.457 e. The molecule has 2 aromatic heterocycles. The van der Waals surface area contributed by atoms with Crippen LogP contribution in [0.25, 0.3) is 11.0 Å². The second kappa shape index (κ2) is 9.97. The number of ether oxygens (including phenoxy) is 2. The van der Waals surface area contributed by atoms with Gasteiger partial charge in [0.2, 0.25) is 5.95 Å². The first-order valence-corrected chi connectivity index (χ1v) is 11.9. The van der Waals surface area contributed by atoms with Crippen LogP contribution in [0.1, 0.15) is 18.2 Å². The third-order valence-corrected chi connectivity index (χ3v) is 6.35. The Balaban J connectivity index is 1.41. The van der Waals surface area contributed by atoms with Crippen LogP contribution in [0.2, 0.25) is 0 Å². The third-order valence-electron chi connectivity index (χ3n) is 6.35. The Bertz CT molecular complexity index is 1500. The van der Waals surface area contributed by atoms with E-state index in [1.165, 1.54) is 6.92 Å². The number of imidazole rings is 1. The van der Waals surface area contributed by atoms with Crippen molar-refractivity contribution in [3.05, 3.63) is 66.0 Å². The number of aromatic nitrogens is 3. The molecule has 11 heteroatoms. The monoisotopic (exact) mass is 525 g/mol. The number of Topliss-reactive ketones (excluding diaryl/α,β-unsaturated/α-hetero) is 1. The van der Waals surface area contributed by atoms with Crippen molar-refractivity contribution in [1.29, 1.82) is 0 Å². The average Bonchev–Trinajstić information content (AvgIpc) is 3.12. The molecule has 8 nitrogen and oxygen atoms in total.